The lowest BCUT2D eigenvalue weighted by Gasteiger charge is -2.04. The van der Waals surface area contributed by atoms with Crippen molar-refractivity contribution in [1.82, 2.24) is 9.97 Å². The smallest absolute Gasteiger partial charge is 0.231 e. The minimum absolute atomic E-state index is 0.0434. The topological polar surface area (TPSA) is 54.9 Å². The molecule has 0 aliphatic rings. The molecule has 4 nitrogen and oxygen atoms in total. The third-order valence-electron chi connectivity index (χ3n) is 4.84. The predicted octanol–water partition coefficient (Wildman–Crippen LogP) is 5.96. The maximum Gasteiger partial charge on any atom is 0.231 e. The van der Waals surface area contributed by atoms with Gasteiger partial charge in [0.15, 0.2) is 5.13 Å². The summed E-state index contributed by atoms with van der Waals surface area (Å²) in [5.41, 5.74) is 3.20. The van der Waals surface area contributed by atoms with Gasteiger partial charge in [-0.2, -0.15) is 0 Å². The number of amides is 1. The third-order valence-corrected chi connectivity index (χ3v) is 6.77. The molecule has 29 heavy (non-hydrogen) atoms. The molecule has 2 aromatic carbocycles. The molecule has 2 aromatic heterocycles. The molecular weight excluding hydrogens is 398 g/mol. The Morgan fingerprint density at radius 1 is 1.10 bits per heavy atom. The maximum atomic E-state index is 12.5. The molecule has 0 aliphatic carbocycles. The van der Waals surface area contributed by atoms with Crippen molar-refractivity contribution in [2.45, 2.75) is 39.5 Å². The monoisotopic (exact) mass is 421 g/mol. The van der Waals surface area contributed by atoms with Gasteiger partial charge in [-0.15, -0.1) is 22.7 Å². The van der Waals surface area contributed by atoms with Crippen LogP contribution < -0.4 is 5.32 Å². The van der Waals surface area contributed by atoms with Gasteiger partial charge in [-0.1, -0.05) is 56.3 Å². The summed E-state index contributed by atoms with van der Waals surface area (Å²) in [7, 11) is 0. The number of thiazole rings is 2. The molecule has 0 spiro atoms. The van der Waals surface area contributed by atoms with Gasteiger partial charge < -0.3 is 5.32 Å². The number of anilines is 1. The predicted molar refractivity (Wildman–Crippen MR) is 122 cm³/mol. The van der Waals surface area contributed by atoms with E-state index in [4.69, 9.17) is 4.98 Å². The number of benzene rings is 2. The molecule has 0 fully saturated rings. The average Bonchev–Trinajstić information content (AvgIpc) is 3.29. The van der Waals surface area contributed by atoms with Crippen LogP contribution in [0.5, 0.6) is 0 Å². The first-order valence-corrected chi connectivity index (χ1v) is 11.4. The van der Waals surface area contributed by atoms with Crippen LogP contribution in [0.4, 0.5) is 5.13 Å². The fourth-order valence-corrected chi connectivity index (χ4v) is 5.23. The van der Waals surface area contributed by atoms with Crippen LogP contribution in [0.2, 0.25) is 0 Å². The molecule has 0 aliphatic heterocycles. The molecule has 0 saturated carbocycles. The fraction of sp³-hybridized carbons (Fsp3) is 0.261. The summed E-state index contributed by atoms with van der Waals surface area (Å²) in [5.74, 6) is 0.315. The van der Waals surface area contributed by atoms with E-state index in [9.17, 15) is 4.79 Å². The van der Waals surface area contributed by atoms with Crippen molar-refractivity contribution in [2.24, 2.45) is 0 Å². The average molecular weight is 422 g/mol. The number of nitrogens with zero attached hydrogens (tertiary/aromatic N) is 2. The van der Waals surface area contributed by atoms with Crippen LogP contribution in [0.15, 0.2) is 47.8 Å². The van der Waals surface area contributed by atoms with Gasteiger partial charge in [0.1, 0.15) is 0 Å². The lowest BCUT2D eigenvalue weighted by Crippen LogP contribution is -2.14. The van der Waals surface area contributed by atoms with Gasteiger partial charge in [0.05, 0.1) is 22.8 Å². The van der Waals surface area contributed by atoms with E-state index in [0.717, 1.165) is 27.7 Å². The number of carbonyl (C=O) groups excluding carboxylic acids is 1. The molecule has 1 N–H and O–H groups in total. The van der Waals surface area contributed by atoms with Crippen LogP contribution in [0, 0.1) is 6.92 Å². The second-order valence-electron chi connectivity index (χ2n) is 7.39. The summed E-state index contributed by atoms with van der Waals surface area (Å²) in [5, 5.41) is 9.12. The summed E-state index contributed by atoms with van der Waals surface area (Å²) >= 11 is 3.10. The van der Waals surface area contributed by atoms with E-state index >= 15 is 0 Å². The first kappa shape index (κ1) is 19.7. The molecule has 4 rings (SSSR count). The zero-order valence-electron chi connectivity index (χ0n) is 16.7. The lowest BCUT2D eigenvalue weighted by molar-refractivity contribution is -0.115. The van der Waals surface area contributed by atoms with Gasteiger partial charge in [0, 0.05) is 16.7 Å². The second kappa shape index (κ2) is 8.43. The van der Waals surface area contributed by atoms with Crippen molar-refractivity contribution in [3.8, 4) is 0 Å². The van der Waals surface area contributed by atoms with Crippen molar-refractivity contribution < 1.29 is 4.79 Å². The molecule has 0 radical (unpaired) electrons. The molecule has 1 amide bonds. The van der Waals surface area contributed by atoms with Crippen molar-refractivity contribution in [2.75, 3.05) is 5.32 Å². The van der Waals surface area contributed by atoms with Crippen molar-refractivity contribution >= 4 is 44.5 Å². The summed E-state index contributed by atoms with van der Waals surface area (Å²) in [6.45, 7) is 6.17. The van der Waals surface area contributed by atoms with Gasteiger partial charge in [0.25, 0.3) is 0 Å². The first-order chi connectivity index (χ1) is 14.0. The van der Waals surface area contributed by atoms with Gasteiger partial charge in [-0.3, -0.25) is 4.79 Å². The Hall–Kier alpha value is -2.57. The summed E-state index contributed by atoms with van der Waals surface area (Å²) < 4.78 is 0. The third kappa shape index (κ3) is 4.54. The molecule has 0 unspecified atom stereocenters. The first-order valence-electron chi connectivity index (χ1n) is 9.66. The second-order valence-corrected chi connectivity index (χ2v) is 9.41. The van der Waals surface area contributed by atoms with E-state index < -0.39 is 0 Å². The van der Waals surface area contributed by atoms with E-state index in [0.29, 0.717) is 17.5 Å². The molecule has 0 saturated heterocycles. The maximum absolute atomic E-state index is 12.5. The number of carbonyl (C=O) groups is 1. The zero-order chi connectivity index (χ0) is 20.4. The number of nitrogens with one attached hydrogen (secondary N) is 1. The SMILES string of the molecule is Cc1nc(Cc2cccc3ccccc23)sc1CC(=O)Nc1nc(C(C)C)cs1. The summed E-state index contributed by atoms with van der Waals surface area (Å²) in [6.07, 6.45) is 1.11. The van der Waals surface area contributed by atoms with E-state index in [-0.39, 0.29) is 5.91 Å². The molecular formula is C23H23N3OS2. The highest BCUT2D eigenvalue weighted by Crippen LogP contribution is 2.26. The standard InChI is InChI=1S/C23H23N3OS2/c1-14(2)19-13-28-23(25-19)26-21(27)12-20-15(3)24-22(29-20)11-17-9-6-8-16-7-4-5-10-18(16)17/h4-10,13-14H,11-12H2,1-3H3,(H,25,26,27). The van der Waals surface area contributed by atoms with E-state index in [1.807, 2.05) is 12.3 Å². The van der Waals surface area contributed by atoms with Crippen LogP contribution in [-0.4, -0.2) is 15.9 Å². The van der Waals surface area contributed by atoms with Crippen LogP contribution in [-0.2, 0) is 17.6 Å². The van der Waals surface area contributed by atoms with Crippen LogP contribution in [0.3, 0.4) is 0 Å². The summed E-state index contributed by atoms with van der Waals surface area (Å²) in [6, 6.07) is 14.8. The number of aryl methyl sites for hydroxylation is 1. The van der Waals surface area contributed by atoms with Crippen LogP contribution >= 0.6 is 22.7 Å². The molecule has 6 heteroatoms. The van der Waals surface area contributed by atoms with Crippen LogP contribution in [0.1, 0.15) is 46.6 Å². The van der Waals surface area contributed by atoms with Crippen molar-refractivity contribution in [1.29, 1.82) is 0 Å². The zero-order valence-corrected chi connectivity index (χ0v) is 18.4. The Morgan fingerprint density at radius 3 is 2.69 bits per heavy atom. The number of hydrogen-bond acceptors (Lipinski definition) is 5. The Bertz CT molecular complexity index is 1150. The minimum Gasteiger partial charge on any atom is -0.302 e. The van der Waals surface area contributed by atoms with E-state index in [1.54, 1.807) is 11.3 Å². The van der Waals surface area contributed by atoms with E-state index in [1.165, 1.54) is 27.7 Å². The van der Waals surface area contributed by atoms with Gasteiger partial charge in [-0.05, 0) is 29.2 Å². The fourth-order valence-electron chi connectivity index (χ4n) is 3.26. The Balaban J connectivity index is 1.46. The molecule has 4 aromatic rings. The number of hydrogen-bond donors (Lipinski definition) is 1. The van der Waals surface area contributed by atoms with E-state index in [2.05, 4.69) is 66.6 Å². The molecule has 0 bridgehead atoms. The Kier molecular flexibility index (Phi) is 5.74. The molecule has 2 heterocycles. The highest BCUT2D eigenvalue weighted by atomic mass is 32.1. The Morgan fingerprint density at radius 2 is 1.90 bits per heavy atom. The molecule has 0 atom stereocenters. The molecule has 148 valence electrons. The van der Waals surface area contributed by atoms with Gasteiger partial charge >= 0.3 is 0 Å². The highest BCUT2D eigenvalue weighted by molar-refractivity contribution is 7.14. The largest absolute Gasteiger partial charge is 0.302 e. The summed E-state index contributed by atoms with van der Waals surface area (Å²) in [4.78, 5) is 22.7. The number of fused-ring (bicyclic) bond motifs is 1. The lowest BCUT2D eigenvalue weighted by atomic mass is 10.0. The Labute approximate surface area is 178 Å². The van der Waals surface area contributed by atoms with Gasteiger partial charge in [-0.25, -0.2) is 9.97 Å². The van der Waals surface area contributed by atoms with Crippen molar-refractivity contribution in [3.63, 3.8) is 0 Å². The normalized spacial score (nSPS) is 11.3. The van der Waals surface area contributed by atoms with Gasteiger partial charge in [0.2, 0.25) is 5.91 Å². The quantitative estimate of drug-likeness (QED) is 0.418. The minimum atomic E-state index is -0.0434. The van der Waals surface area contributed by atoms with Crippen molar-refractivity contribution in [3.05, 3.63) is 74.7 Å². The van der Waals surface area contributed by atoms with Crippen LogP contribution in [0.25, 0.3) is 10.8 Å². The number of aromatic nitrogens is 2. The number of rotatable bonds is 6. The highest BCUT2D eigenvalue weighted by Gasteiger charge is 2.15.